The van der Waals surface area contributed by atoms with Gasteiger partial charge in [0, 0.05) is 31.9 Å². The van der Waals surface area contributed by atoms with Crippen molar-refractivity contribution in [3.63, 3.8) is 0 Å². The normalized spacial score (nSPS) is 22.3. The van der Waals surface area contributed by atoms with E-state index < -0.39 is 0 Å². The average molecular weight is 338 g/mol. The molecular formula is C17H24ClN3O2. The Hall–Kier alpha value is -1.33. The van der Waals surface area contributed by atoms with Crippen molar-refractivity contribution in [3.05, 3.63) is 22.8 Å². The zero-order valence-corrected chi connectivity index (χ0v) is 14.4. The molecule has 3 rings (SSSR count). The van der Waals surface area contributed by atoms with Crippen LogP contribution in [0.5, 0.6) is 0 Å². The number of morpholine rings is 1. The van der Waals surface area contributed by atoms with Gasteiger partial charge in [0.05, 0.1) is 23.8 Å². The lowest BCUT2D eigenvalue weighted by molar-refractivity contribution is 0.0302. The summed E-state index contributed by atoms with van der Waals surface area (Å²) in [7, 11) is 0. The fourth-order valence-electron chi connectivity index (χ4n) is 3.41. The molecule has 23 heavy (non-hydrogen) atoms. The van der Waals surface area contributed by atoms with Crippen LogP contribution in [0.15, 0.2) is 12.3 Å². The number of carbonyl (C=O) groups is 1. The second-order valence-electron chi connectivity index (χ2n) is 6.19. The maximum Gasteiger partial charge on any atom is 0.255 e. The topological polar surface area (TPSA) is 45.7 Å². The van der Waals surface area contributed by atoms with E-state index in [1.54, 1.807) is 17.2 Å². The zero-order chi connectivity index (χ0) is 16.2. The Bertz CT molecular complexity index is 561. The molecule has 1 atom stereocenters. The van der Waals surface area contributed by atoms with Crippen LogP contribution in [-0.2, 0) is 4.74 Å². The zero-order valence-electron chi connectivity index (χ0n) is 13.6. The van der Waals surface area contributed by atoms with Gasteiger partial charge in [-0.25, -0.2) is 4.98 Å². The van der Waals surface area contributed by atoms with Crippen molar-refractivity contribution in [2.24, 2.45) is 0 Å². The minimum atomic E-state index is -0.0139. The molecule has 5 nitrogen and oxygen atoms in total. The molecule has 3 heterocycles. The van der Waals surface area contributed by atoms with Gasteiger partial charge in [-0.1, -0.05) is 18.5 Å². The number of aromatic nitrogens is 1. The van der Waals surface area contributed by atoms with Crippen LogP contribution in [0.3, 0.4) is 0 Å². The number of nitrogens with zero attached hydrogens (tertiary/aromatic N) is 3. The fraction of sp³-hybridized carbons (Fsp3) is 0.647. The fourth-order valence-corrected chi connectivity index (χ4v) is 3.69. The van der Waals surface area contributed by atoms with Crippen LogP contribution in [0, 0.1) is 0 Å². The van der Waals surface area contributed by atoms with Gasteiger partial charge in [0.1, 0.15) is 5.82 Å². The summed E-state index contributed by atoms with van der Waals surface area (Å²) in [5, 5.41) is 0.574. The molecule has 2 saturated heterocycles. The van der Waals surface area contributed by atoms with Crippen molar-refractivity contribution in [2.75, 3.05) is 37.7 Å². The van der Waals surface area contributed by atoms with Gasteiger partial charge in [0.25, 0.3) is 5.91 Å². The Morgan fingerprint density at radius 2 is 2.13 bits per heavy atom. The minimum Gasteiger partial charge on any atom is -0.378 e. The third-order valence-corrected chi connectivity index (χ3v) is 5.02. The number of pyridine rings is 1. The summed E-state index contributed by atoms with van der Waals surface area (Å²) >= 11 is 6.47. The van der Waals surface area contributed by atoms with Gasteiger partial charge in [-0.2, -0.15) is 0 Å². The molecule has 0 aliphatic carbocycles. The lowest BCUT2D eigenvalue weighted by Crippen LogP contribution is -2.41. The standard InChI is InChI=1S/C17H24ClN3O2/c1-2-14-5-3-4-6-21(14)16-15(18)11-13(12-19-16)17(22)20-7-9-23-10-8-20/h11-12,14H,2-10H2,1H3. The first-order chi connectivity index (χ1) is 11.2. The number of ether oxygens (including phenoxy) is 1. The first-order valence-corrected chi connectivity index (χ1v) is 8.87. The largest absolute Gasteiger partial charge is 0.378 e. The van der Waals surface area contributed by atoms with E-state index in [4.69, 9.17) is 16.3 Å². The number of carbonyl (C=O) groups excluding carboxylic acids is 1. The number of hydrogen-bond donors (Lipinski definition) is 0. The SMILES string of the molecule is CCC1CCCCN1c1ncc(C(=O)N2CCOCC2)cc1Cl. The van der Waals surface area contributed by atoms with Crippen LogP contribution in [0.25, 0.3) is 0 Å². The van der Waals surface area contributed by atoms with Crippen molar-refractivity contribution in [2.45, 2.75) is 38.6 Å². The number of halogens is 1. The van der Waals surface area contributed by atoms with Crippen molar-refractivity contribution in [1.29, 1.82) is 0 Å². The van der Waals surface area contributed by atoms with E-state index in [-0.39, 0.29) is 5.91 Å². The lowest BCUT2D eigenvalue weighted by atomic mass is 10.00. The maximum absolute atomic E-state index is 12.5. The van der Waals surface area contributed by atoms with E-state index in [1.165, 1.54) is 19.3 Å². The van der Waals surface area contributed by atoms with Crippen molar-refractivity contribution in [3.8, 4) is 0 Å². The maximum atomic E-state index is 12.5. The van der Waals surface area contributed by atoms with Crippen LogP contribution in [-0.4, -0.2) is 54.7 Å². The molecule has 2 aliphatic rings. The molecule has 0 bridgehead atoms. The van der Waals surface area contributed by atoms with E-state index in [2.05, 4.69) is 16.8 Å². The summed E-state index contributed by atoms with van der Waals surface area (Å²) in [6.45, 7) is 5.63. The second kappa shape index (κ2) is 7.49. The molecule has 0 N–H and O–H groups in total. The molecule has 0 saturated carbocycles. The van der Waals surface area contributed by atoms with Gasteiger partial charge in [0.15, 0.2) is 0 Å². The smallest absolute Gasteiger partial charge is 0.255 e. The summed E-state index contributed by atoms with van der Waals surface area (Å²) in [6, 6.07) is 2.26. The molecule has 2 fully saturated rings. The Morgan fingerprint density at radius 3 is 2.83 bits per heavy atom. The molecule has 1 unspecified atom stereocenters. The summed E-state index contributed by atoms with van der Waals surface area (Å²) in [6.07, 6.45) is 6.37. The summed E-state index contributed by atoms with van der Waals surface area (Å²) in [4.78, 5) is 21.1. The van der Waals surface area contributed by atoms with Crippen molar-refractivity contribution in [1.82, 2.24) is 9.88 Å². The Kier molecular flexibility index (Phi) is 5.38. The number of piperidine rings is 1. The minimum absolute atomic E-state index is 0.0139. The van der Waals surface area contributed by atoms with Crippen LogP contribution < -0.4 is 4.90 Å². The first-order valence-electron chi connectivity index (χ1n) is 8.50. The highest BCUT2D eigenvalue weighted by molar-refractivity contribution is 6.33. The van der Waals surface area contributed by atoms with Crippen LogP contribution in [0.4, 0.5) is 5.82 Å². The highest BCUT2D eigenvalue weighted by Gasteiger charge is 2.25. The highest BCUT2D eigenvalue weighted by atomic mass is 35.5. The van der Waals surface area contributed by atoms with Gasteiger partial charge in [-0.05, 0) is 31.7 Å². The van der Waals surface area contributed by atoms with Gasteiger partial charge in [-0.15, -0.1) is 0 Å². The summed E-state index contributed by atoms with van der Waals surface area (Å²) in [5.74, 6) is 0.802. The van der Waals surface area contributed by atoms with E-state index in [9.17, 15) is 4.79 Å². The number of hydrogen-bond acceptors (Lipinski definition) is 4. The summed E-state index contributed by atoms with van der Waals surface area (Å²) in [5.41, 5.74) is 0.561. The third-order valence-electron chi connectivity index (χ3n) is 4.74. The van der Waals surface area contributed by atoms with Gasteiger partial charge < -0.3 is 14.5 Å². The Labute approximate surface area is 142 Å². The molecule has 0 radical (unpaired) electrons. The number of anilines is 1. The quantitative estimate of drug-likeness (QED) is 0.850. The van der Waals surface area contributed by atoms with Crippen LogP contribution in [0.2, 0.25) is 5.02 Å². The van der Waals surface area contributed by atoms with Crippen molar-refractivity contribution < 1.29 is 9.53 Å². The predicted octanol–water partition coefficient (Wildman–Crippen LogP) is 2.98. The molecule has 1 aromatic heterocycles. The first kappa shape index (κ1) is 16.5. The van der Waals surface area contributed by atoms with Crippen LogP contribution in [0.1, 0.15) is 43.0 Å². The highest BCUT2D eigenvalue weighted by Crippen LogP contribution is 2.31. The third kappa shape index (κ3) is 3.61. The van der Waals surface area contributed by atoms with E-state index in [1.807, 2.05) is 0 Å². The van der Waals surface area contributed by atoms with Gasteiger partial charge in [-0.3, -0.25) is 4.79 Å². The van der Waals surface area contributed by atoms with E-state index in [0.717, 1.165) is 18.8 Å². The van der Waals surface area contributed by atoms with Crippen molar-refractivity contribution >= 4 is 23.3 Å². The Morgan fingerprint density at radius 1 is 1.35 bits per heavy atom. The molecule has 0 aromatic carbocycles. The van der Waals surface area contributed by atoms with Gasteiger partial charge >= 0.3 is 0 Å². The second-order valence-corrected chi connectivity index (χ2v) is 6.59. The van der Waals surface area contributed by atoms with E-state index in [0.29, 0.717) is 42.9 Å². The molecule has 126 valence electrons. The predicted molar refractivity (Wildman–Crippen MR) is 91.2 cm³/mol. The van der Waals surface area contributed by atoms with Crippen LogP contribution >= 0.6 is 11.6 Å². The molecular weight excluding hydrogens is 314 g/mol. The monoisotopic (exact) mass is 337 g/mol. The molecule has 1 amide bonds. The summed E-state index contributed by atoms with van der Waals surface area (Å²) < 4.78 is 5.29. The Balaban J connectivity index is 1.78. The molecule has 0 spiro atoms. The molecule has 2 aliphatic heterocycles. The molecule has 1 aromatic rings. The average Bonchev–Trinajstić information content (AvgIpc) is 2.61. The lowest BCUT2D eigenvalue weighted by Gasteiger charge is -2.36. The van der Waals surface area contributed by atoms with E-state index >= 15 is 0 Å². The molecule has 6 heteroatoms. The number of amides is 1. The van der Waals surface area contributed by atoms with Gasteiger partial charge in [0.2, 0.25) is 0 Å². The number of rotatable bonds is 3.